The van der Waals surface area contributed by atoms with E-state index in [1.807, 2.05) is 6.20 Å². The lowest BCUT2D eigenvalue weighted by atomic mass is 9.98. The van der Waals surface area contributed by atoms with E-state index in [0.29, 0.717) is 13.1 Å². The molecule has 2 aliphatic rings. The summed E-state index contributed by atoms with van der Waals surface area (Å²) in [7, 11) is 0. The zero-order valence-corrected chi connectivity index (χ0v) is 11.0. The maximum atomic E-state index is 12.0. The van der Waals surface area contributed by atoms with Crippen LogP contribution in [0.3, 0.4) is 0 Å². The van der Waals surface area contributed by atoms with E-state index >= 15 is 0 Å². The lowest BCUT2D eigenvalue weighted by molar-refractivity contribution is -0.141. The van der Waals surface area contributed by atoms with Crippen molar-refractivity contribution in [3.8, 4) is 0 Å². The van der Waals surface area contributed by atoms with Crippen LogP contribution in [0.2, 0.25) is 0 Å². The molecule has 0 aromatic carbocycles. The number of likely N-dealkylation sites (tertiary alicyclic amines) is 1. The zero-order valence-electron chi connectivity index (χ0n) is 11.0. The summed E-state index contributed by atoms with van der Waals surface area (Å²) < 4.78 is 2.09. The van der Waals surface area contributed by atoms with Gasteiger partial charge in [0.05, 0.1) is 5.92 Å². The molecule has 1 atom stereocenters. The normalized spacial score (nSPS) is 22.6. The van der Waals surface area contributed by atoms with Crippen molar-refractivity contribution in [2.45, 2.75) is 32.4 Å². The van der Waals surface area contributed by atoms with Gasteiger partial charge in [-0.2, -0.15) is 0 Å². The number of carbonyl (C=O) groups is 2. The first-order chi connectivity index (χ1) is 9.13. The van der Waals surface area contributed by atoms with Crippen molar-refractivity contribution in [3.05, 3.63) is 18.2 Å². The predicted octanol–water partition coefficient (Wildman–Crippen LogP) is -0.208. The van der Waals surface area contributed by atoms with E-state index in [2.05, 4.69) is 14.9 Å². The molecule has 102 valence electrons. The largest absolute Gasteiger partial charge is 0.351 e. The highest BCUT2D eigenvalue weighted by Crippen LogP contribution is 2.18. The third-order valence-electron chi connectivity index (χ3n) is 3.98. The number of imidazole rings is 1. The zero-order chi connectivity index (χ0) is 13.4. The number of nitrogens with one attached hydrogen (secondary N) is 1. The molecule has 2 amide bonds. The van der Waals surface area contributed by atoms with Crippen LogP contribution in [0.1, 0.15) is 19.2 Å². The highest BCUT2D eigenvalue weighted by atomic mass is 16.2. The van der Waals surface area contributed by atoms with E-state index in [0.717, 1.165) is 25.2 Å². The quantitative estimate of drug-likeness (QED) is 0.802. The molecule has 1 aromatic heterocycles. The first-order valence-electron chi connectivity index (χ1n) is 6.69. The summed E-state index contributed by atoms with van der Waals surface area (Å²) in [5, 5.41) is 3.09. The molecule has 0 spiro atoms. The maximum absolute atomic E-state index is 12.0. The Morgan fingerprint density at radius 1 is 1.37 bits per heavy atom. The van der Waals surface area contributed by atoms with Gasteiger partial charge in [-0.3, -0.25) is 9.59 Å². The smallest absolute Gasteiger partial charge is 0.226 e. The van der Waals surface area contributed by atoms with Gasteiger partial charge < -0.3 is 14.8 Å². The van der Waals surface area contributed by atoms with Gasteiger partial charge in [0.25, 0.3) is 0 Å². The van der Waals surface area contributed by atoms with Gasteiger partial charge in [-0.25, -0.2) is 4.98 Å². The number of rotatable bonds is 2. The third-order valence-corrected chi connectivity index (χ3v) is 3.98. The van der Waals surface area contributed by atoms with Gasteiger partial charge in [0.2, 0.25) is 11.8 Å². The minimum absolute atomic E-state index is 0.0342. The Kier molecular flexibility index (Phi) is 3.00. The molecule has 6 nitrogen and oxygen atoms in total. The van der Waals surface area contributed by atoms with Gasteiger partial charge in [-0.15, -0.1) is 0 Å². The maximum Gasteiger partial charge on any atom is 0.226 e. The first kappa shape index (κ1) is 12.2. The van der Waals surface area contributed by atoms with Crippen LogP contribution in [0.4, 0.5) is 0 Å². The third kappa shape index (κ3) is 2.34. The summed E-state index contributed by atoms with van der Waals surface area (Å²) in [6, 6.07) is 0.181. The molecule has 3 heterocycles. The lowest BCUT2D eigenvalue weighted by Crippen LogP contribution is -2.57. The number of aromatic nitrogens is 2. The SMILES string of the molecule is CC(=O)N1CC(C(=O)NC2CCc3nccn3C2)C1. The van der Waals surface area contributed by atoms with Crippen molar-refractivity contribution in [1.82, 2.24) is 19.8 Å². The second-order valence-corrected chi connectivity index (χ2v) is 5.36. The summed E-state index contributed by atoms with van der Waals surface area (Å²) >= 11 is 0. The Balaban J connectivity index is 1.51. The van der Waals surface area contributed by atoms with Gasteiger partial charge in [-0.1, -0.05) is 0 Å². The molecular formula is C13H18N4O2. The molecule has 2 aliphatic heterocycles. The minimum Gasteiger partial charge on any atom is -0.351 e. The molecule has 1 N–H and O–H groups in total. The number of hydrogen-bond acceptors (Lipinski definition) is 3. The monoisotopic (exact) mass is 262 g/mol. The van der Waals surface area contributed by atoms with E-state index in [-0.39, 0.29) is 23.8 Å². The van der Waals surface area contributed by atoms with Crippen molar-refractivity contribution < 1.29 is 9.59 Å². The number of nitrogens with zero attached hydrogens (tertiary/aromatic N) is 3. The molecule has 6 heteroatoms. The van der Waals surface area contributed by atoms with Gasteiger partial charge in [0, 0.05) is 51.4 Å². The topological polar surface area (TPSA) is 67.2 Å². The minimum atomic E-state index is -0.0342. The van der Waals surface area contributed by atoms with Crippen LogP contribution < -0.4 is 5.32 Å². The Morgan fingerprint density at radius 2 is 2.16 bits per heavy atom. The second-order valence-electron chi connectivity index (χ2n) is 5.36. The van der Waals surface area contributed by atoms with Crippen LogP contribution in [-0.2, 0) is 22.6 Å². The fourth-order valence-corrected chi connectivity index (χ4v) is 2.70. The molecule has 0 saturated carbocycles. The molecule has 0 radical (unpaired) electrons. The number of fused-ring (bicyclic) bond motifs is 1. The number of carbonyl (C=O) groups excluding carboxylic acids is 2. The summed E-state index contributed by atoms with van der Waals surface area (Å²) in [5.41, 5.74) is 0. The summed E-state index contributed by atoms with van der Waals surface area (Å²) in [6.07, 6.45) is 5.60. The van der Waals surface area contributed by atoms with Gasteiger partial charge in [0.1, 0.15) is 5.82 Å². The van der Waals surface area contributed by atoms with Crippen LogP contribution in [0.15, 0.2) is 12.4 Å². The standard InChI is InChI=1S/C13H18N4O2/c1-9(18)17-6-10(7-17)13(19)15-11-2-3-12-14-4-5-16(12)8-11/h4-5,10-11H,2-3,6-8H2,1H3,(H,15,19). The van der Waals surface area contributed by atoms with Crippen molar-refractivity contribution >= 4 is 11.8 Å². The predicted molar refractivity (Wildman–Crippen MR) is 68.2 cm³/mol. The van der Waals surface area contributed by atoms with E-state index in [4.69, 9.17) is 0 Å². The summed E-state index contributed by atoms with van der Waals surface area (Å²) in [5.74, 6) is 1.18. The van der Waals surface area contributed by atoms with Crippen LogP contribution in [-0.4, -0.2) is 45.4 Å². The Morgan fingerprint density at radius 3 is 2.89 bits per heavy atom. The van der Waals surface area contributed by atoms with Crippen molar-refractivity contribution in [2.24, 2.45) is 5.92 Å². The molecular weight excluding hydrogens is 244 g/mol. The van der Waals surface area contributed by atoms with Crippen molar-refractivity contribution in [1.29, 1.82) is 0 Å². The van der Waals surface area contributed by atoms with Gasteiger partial charge in [0.15, 0.2) is 0 Å². The van der Waals surface area contributed by atoms with Crippen LogP contribution in [0.5, 0.6) is 0 Å². The average Bonchev–Trinajstić information content (AvgIpc) is 2.73. The van der Waals surface area contributed by atoms with Gasteiger partial charge >= 0.3 is 0 Å². The van der Waals surface area contributed by atoms with Gasteiger partial charge in [-0.05, 0) is 6.42 Å². The fraction of sp³-hybridized carbons (Fsp3) is 0.615. The second kappa shape index (κ2) is 4.68. The number of aryl methyl sites for hydroxylation is 1. The Bertz CT molecular complexity index is 504. The van der Waals surface area contributed by atoms with Crippen LogP contribution in [0, 0.1) is 5.92 Å². The first-order valence-corrected chi connectivity index (χ1v) is 6.69. The lowest BCUT2D eigenvalue weighted by Gasteiger charge is -2.38. The van der Waals surface area contributed by atoms with Crippen molar-refractivity contribution in [2.75, 3.05) is 13.1 Å². The summed E-state index contributed by atoms with van der Waals surface area (Å²) in [6.45, 7) is 3.45. The Hall–Kier alpha value is -1.85. The molecule has 0 bridgehead atoms. The molecule has 1 aromatic rings. The Labute approximate surface area is 111 Å². The van der Waals surface area contributed by atoms with E-state index in [9.17, 15) is 9.59 Å². The number of hydrogen-bond donors (Lipinski definition) is 1. The van der Waals surface area contributed by atoms with Crippen LogP contribution in [0.25, 0.3) is 0 Å². The molecule has 1 saturated heterocycles. The molecule has 19 heavy (non-hydrogen) atoms. The molecule has 1 fully saturated rings. The fourth-order valence-electron chi connectivity index (χ4n) is 2.70. The van der Waals surface area contributed by atoms with E-state index in [1.165, 1.54) is 6.92 Å². The van der Waals surface area contributed by atoms with Crippen LogP contribution >= 0.6 is 0 Å². The average molecular weight is 262 g/mol. The highest BCUT2D eigenvalue weighted by Gasteiger charge is 2.35. The van der Waals surface area contributed by atoms with Crippen molar-refractivity contribution in [3.63, 3.8) is 0 Å². The summed E-state index contributed by atoms with van der Waals surface area (Å²) in [4.78, 5) is 29.1. The van der Waals surface area contributed by atoms with E-state index in [1.54, 1.807) is 11.1 Å². The van der Waals surface area contributed by atoms with E-state index < -0.39 is 0 Å². The molecule has 1 unspecified atom stereocenters. The number of amides is 2. The molecule has 0 aliphatic carbocycles. The highest BCUT2D eigenvalue weighted by molar-refractivity contribution is 5.83. The molecule has 3 rings (SSSR count).